The highest BCUT2D eigenvalue weighted by Gasteiger charge is 2.23. The molecule has 0 spiro atoms. The van der Waals surface area contributed by atoms with Gasteiger partial charge in [-0.15, -0.1) is 24.0 Å². The van der Waals surface area contributed by atoms with Crippen LogP contribution >= 0.6 is 24.0 Å². The summed E-state index contributed by atoms with van der Waals surface area (Å²) in [5.74, 6) is 0.727. The molecule has 2 N–H and O–H groups in total. The predicted octanol–water partition coefficient (Wildman–Crippen LogP) is 3.26. The van der Waals surface area contributed by atoms with Gasteiger partial charge >= 0.3 is 0 Å². The molecule has 1 amide bonds. The SMILES string of the molecule is CCNC(=NCc1ccc(C)cc1)NCC(=O)N1CCc2ccccc21.I. The molecule has 27 heavy (non-hydrogen) atoms. The molecule has 5 nitrogen and oxygen atoms in total. The first-order chi connectivity index (χ1) is 12.7. The van der Waals surface area contributed by atoms with Crippen LogP contribution in [0.3, 0.4) is 0 Å². The summed E-state index contributed by atoms with van der Waals surface area (Å²) >= 11 is 0. The van der Waals surface area contributed by atoms with Crippen LogP contribution < -0.4 is 15.5 Å². The number of anilines is 1. The lowest BCUT2D eigenvalue weighted by atomic mass is 10.1. The highest BCUT2D eigenvalue weighted by Crippen LogP contribution is 2.27. The zero-order chi connectivity index (χ0) is 18.4. The van der Waals surface area contributed by atoms with Gasteiger partial charge in [-0.3, -0.25) is 4.79 Å². The third-order valence-electron chi connectivity index (χ3n) is 4.48. The lowest BCUT2D eigenvalue weighted by Crippen LogP contribution is -2.44. The summed E-state index contributed by atoms with van der Waals surface area (Å²) in [5, 5.41) is 6.35. The Morgan fingerprint density at radius 3 is 2.59 bits per heavy atom. The largest absolute Gasteiger partial charge is 0.357 e. The smallest absolute Gasteiger partial charge is 0.246 e. The zero-order valence-corrected chi connectivity index (χ0v) is 18.2. The van der Waals surface area contributed by atoms with Crippen molar-refractivity contribution in [2.45, 2.75) is 26.8 Å². The maximum atomic E-state index is 12.6. The number of aliphatic imine (C=N–C) groups is 1. The second kappa shape index (κ2) is 10.3. The van der Waals surface area contributed by atoms with Gasteiger partial charge in [0.05, 0.1) is 13.1 Å². The molecule has 0 unspecified atom stereocenters. The Bertz CT molecular complexity index is 789. The molecule has 1 heterocycles. The van der Waals surface area contributed by atoms with Crippen LogP contribution in [0.15, 0.2) is 53.5 Å². The number of carbonyl (C=O) groups is 1. The van der Waals surface area contributed by atoms with Crippen LogP contribution in [0.4, 0.5) is 5.69 Å². The van der Waals surface area contributed by atoms with Gasteiger partial charge in [-0.05, 0) is 37.5 Å². The Balaban J connectivity index is 0.00000261. The summed E-state index contributed by atoms with van der Waals surface area (Å²) in [6.07, 6.45) is 0.920. The van der Waals surface area contributed by atoms with Crippen molar-refractivity contribution in [3.05, 3.63) is 65.2 Å². The van der Waals surface area contributed by atoms with Crippen LogP contribution in [0.2, 0.25) is 0 Å². The van der Waals surface area contributed by atoms with Crippen molar-refractivity contribution >= 4 is 41.5 Å². The van der Waals surface area contributed by atoms with Crippen molar-refractivity contribution in [1.82, 2.24) is 10.6 Å². The van der Waals surface area contributed by atoms with Gasteiger partial charge in [0.1, 0.15) is 0 Å². The Morgan fingerprint density at radius 2 is 1.85 bits per heavy atom. The molecule has 1 aliphatic rings. The van der Waals surface area contributed by atoms with E-state index in [4.69, 9.17) is 0 Å². The number of aryl methyl sites for hydroxylation is 1. The molecular formula is C21H27IN4O. The second-order valence-electron chi connectivity index (χ2n) is 6.46. The normalized spacial score (nSPS) is 13.0. The van der Waals surface area contributed by atoms with Gasteiger partial charge in [-0.25, -0.2) is 4.99 Å². The molecule has 2 aromatic rings. The van der Waals surface area contributed by atoms with Crippen molar-refractivity contribution in [3.8, 4) is 0 Å². The number of carbonyl (C=O) groups excluding carboxylic acids is 1. The highest BCUT2D eigenvalue weighted by atomic mass is 127. The van der Waals surface area contributed by atoms with E-state index >= 15 is 0 Å². The van der Waals surface area contributed by atoms with Crippen molar-refractivity contribution in [2.75, 3.05) is 24.5 Å². The molecule has 2 aromatic carbocycles. The van der Waals surface area contributed by atoms with Crippen molar-refractivity contribution < 1.29 is 4.79 Å². The Hall–Kier alpha value is -2.09. The second-order valence-corrected chi connectivity index (χ2v) is 6.46. The van der Waals surface area contributed by atoms with Gasteiger partial charge < -0.3 is 15.5 Å². The molecule has 0 fully saturated rings. The molecule has 6 heteroatoms. The first-order valence-corrected chi connectivity index (χ1v) is 9.13. The maximum Gasteiger partial charge on any atom is 0.246 e. The minimum Gasteiger partial charge on any atom is -0.357 e. The van der Waals surface area contributed by atoms with Crippen molar-refractivity contribution in [1.29, 1.82) is 0 Å². The number of nitrogens with one attached hydrogen (secondary N) is 2. The summed E-state index contributed by atoms with van der Waals surface area (Å²) in [7, 11) is 0. The Morgan fingerprint density at radius 1 is 1.11 bits per heavy atom. The average molecular weight is 478 g/mol. The number of para-hydroxylation sites is 1. The van der Waals surface area contributed by atoms with Crippen LogP contribution in [0.1, 0.15) is 23.6 Å². The lowest BCUT2D eigenvalue weighted by Gasteiger charge is -2.18. The molecule has 0 aromatic heterocycles. The molecule has 3 rings (SSSR count). The summed E-state index contributed by atoms with van der Waals surface area (Å²) in [5.41, 5.74) is 4.65. The fourth-order valence-electron chi connectivity index (χ4n) is 3.06. The average Bonchev–Trinajstić information content (AvgIpc) is 3.09. The summed E-state index contributed by atoms with van der Waals surface area (Å²) in [6.45, 7) is 6.39. The number of hydrogen-bond donors (Lipinski definition) is 2. The lowest BCUT2D eigenvalue weighted by molar-refractivity contribution is -0.117. The van der Waals surface area contributed by atoms with Gasteiger partial charge in [0.15, 0.2) is 5.96 Å². The predicted molar refractivity (Wildman–Crippen MR) is 122 cm³/mol. The highest BCUT2D eigenvalue weighted by molar-refractivity contribution is 14.0. The van der Waals surface area contributed by atoms with E-state index in [2.05, 4.69) is 52.9 Å². The van der Waals surface area contributed by atoms with E-state index in [-0.39, 0.29) is 36.4 Å². The summed E-state index contributed by atoms with van der Waals surface area (Å²) in [6, 6.07) is 16.4. The molecular weight excluding hydrogens is 451 g/mol. The van der Waals surface area contributed by atoms with E-state index < -0.39 is 0 Å². The standard InChI is InChI=1S/C21H26N4O.HI/c1-3-22-21(23-14-17-10-8-16(2)9-11-17)24-15-20(26)25-13-12-18-6-4-5-7-19(18)25;/h4-11H,3,12-15H2,1-2H3,(H2,22,23,24);1H. The minimum atomic E-state index is 0. The number of guanidine groups is 1. The summed E-state index contributed by atoms with van der Waals surface area (Å²) < 4.78 is 0. The van der Waals surface area contributed by atoms with Crippen LogP contribution in [0, 0.1) is 6.92 Å². The Kier molecular flexibility index (Phi) is 8.09. The number of halogens is 1. The van der Waals surface area contributed by atoms with Crippen LogP contribution in [0.5, 0.6) is 0 Å². The molecule has 1 aliphatic heterocycles. The molecule has 0 atom stereocenters. The van der Waals surface area contributed by atoms with E-state index in [1.807, 2.05) is 30.0 Å². The van der Waals surface area contributed by atoms with E-state index in [0.717, 1.165) is 30.8 Å². The first kappa shape index (κ1) is 21.2. The van der Waals surface area contributed by atoms with Gasteiger partial charge in [0.2, 0.25) is 5.91 Å². The van der Waals surface area contributed by atoms with Crippen LogP contribution in [-0.2, 0) is 17.8 Å². The number of hydrogen-bond acceptors (Lipinski definition) is 2. The topological polar surface area (TPSA) is 56.7 Å². The maximum absolute atomic E-state index is 12.6. The number of amides is 1. The molecule has 0 aliphatic carbocycles. The first-order valence-electron chi connectivity index (χ1n) is 9.13. The number of nitrogens with zero attached hydrogens (tertiary/aromatic N) is 2. The quantitative estimate of drug-likeness (QED) is 0.394. The van der Waals surface area contributed by atoms with E-state index in [9.17, 15) is 4.79 Å². The number of fused-ring (bicyclic) bond motifs is 1. The fraction of sp³-hybridized carbons (Fsp3) is 0.333. The van der Waals surface area contributed by atoms with Gasteiger partial charge in [0.25, 0.3) is 0 Å². The zero-order valence-electron chi connectivity index (χ0n) is 15.9. The van der Waals surface area contributed by atoms with E-state index in [0.29, 0.717) is 12.5 Å². The van der Waals surface area contributed by atoms with Crippen LogP contribution in [0.25, 0.3) is 0 Å². The molecule has 0 saturated carbocycles. The number of rotatable bonds is 5. The monoisotopic (exact) mass is 478 g/mol. The number of benzene rings is 2. The molecule has 144 valence electrons. The molecule has 0 saturated heterocycles. The van der Waals surface area contributed by atoms with Crippen LogP contribution in [-0.4, -0.2) is 31.5 Å². The minimum absolute atomic E-state index is 0. The van der Waals surface area contributed by atoms with Crippen molar-refractivity contribution in [2.24, 2.45) is 4.99 Å². The third kappa shape index (κ3) is 5.69. The van der Waals surface area contributed by atoms with Gasteiger partial charge in [-0.2, -0.15) is 0 Å². The molecule has 0 radical (unpaired) electrons. The Labute approximate surface area is 178 Å². The summed E-state index contributed by atoms with van der Waals surface area (Å²) in [4.78, 5) is 19.0. The van der Waals surface area contributed by atoms with Gasteiger partial charge in [0, 0.05) is 18.8 Å². The third-order valence-corrected chi connectivity index (χ3v) is 4.48. The van der Waals surface area contributed by atoms with E-state index in [1.54, 1.807) is 0 Å². The fourth-order valence-corrected chi connectivity index (χ4v) is 3.06. The molecule has 0 bridgehead atoms. The van der Waals surface area contributed by atoms with Crippen molar-refractivity contribution in [3.63, 3.8) is 0 Å². The van der Waals surface area contributed by atoms with Gasteiger partial charge in [-0.1, -0.05) is 48.0 Å². The van der Waals surface area contributed by atoms with E-state index in [1.165, 1.54) is 11.1 Å².